The summed E-state index contributed by atoms with van der Waals surface area (Å²) in [6.07, 6.45) is 1.05. The minimum Gasteiger partial charge on any atom is -0.480 e. The number of nitrogens with zero attached hydrogens (tertiary/aromatic N) is 1. The highest BCUT2D eigenvalue weighted by Crippen LogP contribution is 2.19. The molecule has 2 rings (SSSR count). The molecule has 3 amide bonds. The van der Waals surface area contributed by atoms with Gasteiger partial charge in [0.05, 0.1) is 12.1 Å². The molecule has 1 aromatic heterocycles. The van der Waals surface area contributed by atoms with Crippen LogP contribution in [0.4, 0.5) is 0 Å². The lowest BCUT2D eigenvalue weighted by Crippen LogP contribution is -2.59. The van der Waals surface area contributed by atoms with Crippen molar-refractivity contribution in [3.63, 3.8) is 0 Å². The van der Waals surface area contributed by atoms with E-state index in [-0.39, 0.29) is 24.7 Å². The third kappa shape index (κ3) is 9.24. The Labute approximate surface area is 232 Å². The first-order valence-electron chi connectivity index (χ1n) is 13.0. The van der Waals surface area contributed by atoms with E-state index in [4.69, 9.17) is 17.2 Å². The van der Waals surface area contributed by atoms with Crippen molar-refractivity contribution in [2.24, 2.45) is 28.1 Å². The molecule has 0 spiro atoms. The van der Waals surface area contributed by atoms with Crippen LogP contribution >= 0.6 is 0 Å². The molecule has 1 aromatic carbocycles. The molecule has 0 saturated carbocycles. The van der Waals surface area contributed by atoms with Crippen LogP contribution in [0.15, 0.2) is 35.5 Å². The van der Waals surface area contributed by atoms with Crippen molar-refractivity contribution in [1.29, 1.82) is 0 Å². The van der Waals surface area contributed by atoms with Gasteiger partial charge < -0.3 is 48.3 Å². The molecule has 220 valence electrons. The van der Waals surface area contributed by atoms with Crippen LogP contribution in [0.25, 0.3) is 10.9 Å². The Kier molecular flexibility index (Phi) is 11.9. The van der Waals surface area contributed by atoms with Gasteiger partial charge >= 0.3 is 5.97 Å². The summed E-state index contributed by atoms with van der Waals surface area (Å²) in [4.78, 5) is 57.9. The Balaban J connectivity index is 2.22. The van der Waals surface area contributed by atoms with E-state index in [0.717, 1.165) is 10.9 Å². The van der Waals surface area contributed by atoms with E-state index < -0.39 is 54.0 Å². The van der Waals surface area contributed by atoms with Gasteiger partial charge in [0.25, 0.3) is 0 Å². The van der Waals surface area contributed by atoms with E-state index in [0.29, 0.717) is 18.5 Å². The highest BCUT2D eigenvalue weighted by atomic mass is 16.4. The Morgan fingerprint density at radius 2 is 1.62 bits per heavy atom. The van der Waals surface area contributed by atoms with Crippen molar-refractivity contribution in [2.45, 2.75) is 70.3 Å². The van der Waals surface area contributed by atoms with E-state index in [1.54, 1.807) is 20.0 Å². The summed E-state index contributed by atoms with van der Waals surface area (Å²) in [6, 6.07) is 2.59. The number of benzene rings is 1. The number of aromatic amines is 1. The van der Waals surface area contributed by atoms with Crippen LogP contribution in [0.3, 0.4) is 0 Å². The number of carboxylic acid groups (broad SMARTS) is 1. The van der Waals surface area contributed by atoms with Crippen LogP contribution in [0, 0.1) is 5.92 Å². The average molecular weight is 561 g/mol. The molecule has 5 unspecified atom stereocenters. The predicted octanol–water partition coefficient (Wildman–Crippen LogP) is -1.33. The van der Waals surface area contributed by atoms with Gasteiger partial charge in [-0.15, -0.1) is 0 Å². The maximum atomic E-state index is 13.4. The van der Waals surface area contributed by atoms with E-state index in [1.807, 2.05) is 24.3 Å². The molecule has 2 aromatic rings. The largest absolute Gasteiger partial charge is 0.480 e. The summed E-state index contributed by atoms with van der Waals surface area (Å²) in [5, 5.41) is 27.7. The van der Waals surface area contributed by atoms with Gasteiger partial charge in [-0.3, -0.25) is 19.4 Å². The molecule has 0 fully saturated rings. The van der Waals surface area contributed by atoms with Crippen LogP contribution in [-0.2, 0) is 25.6 Å². The topological polar surface area (TPSA) is 251 Å². The third-order valence-corrected chi connectivity index (χ3v) is 6.33. The first kappa shape index (κ1) is 32.0. The number of aliphatic hydroxyl groups excluding tert-OH is 1. The number of H-pyrrole nitrogens is 1. The predicted molar refractivity (Wildman–Crippen MR) is 150 cm³/mol. The number of hydrogen-bond acceptors (Lipinski definition) is 7. The second-order valence-electron chi connectivity index (χ2n) is 9.98. The van der Waals surface area contributed by atoms with Crippen LogP contribution in [0.2, 0.25) is 0 Å². The summed E-state index contributed by atoms with van der Waals surface area (Å²) in [6.45, 7) is 4.97. The highest BCUT2D eigenvalue weighted by molar-refractivity contribution is 5.95. The van der Waals surface area contributed by atoms with E-state index in [9.17, 15) is 29.4 Å². The van der Waals surface area contributed by atoms with Gasteiger partial charge in [0, 0.05) is 30.1 Å². The molecule has 14 nitrogen and oxygen atoms in total. The SMILES string of the molecule is CC(C)C(NC(=O)C(N)CCCN=C(N)N)C(=O)NC(Cc1c[nH]c2ccccc12)C(=O)NC(C(=O)O)C(C)O. The minimum atomic E-state index is -1.59. The number of nitrogens with two attached hydrogens (primary N) is 3. The van der Waals surface area contributed by atoms with Gasteiger partial charge in [-0.05, 0) is 37.3 Å². The summed E-state index contributed by atoms with van der Waals surface area (Å²) in [5.41, 5.74) is 18.1. The normalized spacial score (nSPS) is 14.9. The molecule has 0 aliphatic heterocycles. The van der Waals surface area contributed by atoms with Crippen molar-refractivity contribution in [3.8, 4) is 0 Å². The fraction of sp³-hybridized carbons (Fsp3) is 0.500. The molecular weight excluding hydrogens is 520 g/mol. The number of para-hydroxylation sites is 1. The summed E-state index contributed by atoms with van der Waals surface area (Å²) in [5.74, 6) is -3.89. The van der Waals surface area contributed by atoms with Crippen molar-refractivity contribution in [2.75, 3.05) is 6.54 Å². The number of hydrogen-bond donors (Lipinski definition) is 9. The Bertz CT molecular complexity index is 1210. The number of rotatable bonds is 15. The first-order valence-corrected chi connectivity index (χ1v) is 13.0. The number of guanidine groups is 1. The van der Waals surface area contributed by atoms with Gasteiger partial charge in [0.2, 0.25) is 17.7 Å². The zero-order valence-electron chi connectivity index (χ0n) is 22.9. The molecule has 5 atom stereocenters. The monoisotopic (exact) mass is 560 g/mol. The number of carboxylic acids is 1. The zero-order chi connectivity index (χ0) is 30.0. The smallest absolute Gasteiger partial charge is 0.328 e. The maximum Gasteiger partial charge on any atom is 0.328 e. The molecule has 14 heteroatoms. The fourth-order valence-electron chi connectivity index (χ4n) is 4.08. The number of amides is 3. The summed E-state index contributed by atoms with van der Waals surface area (Å²) >= 11 is 0. The highest BCUT2D eigenvalue weighted by Gasteiger charge is 2.33. The number of aliphatic hydroxyl groups is 1. The number of aliphatic imine (C=N–C) groups is 1. The number of aromatic nitrogens is 1. The second-order valence-corrected chi connectivity index (χ2v) is 9.98. The van der Waals surface area contributed by atoms with Gasteiger partial charge in [-0.2, -0.15) is 0 Å². The summed E-state index contributed by atoms with van der Waals surface area (Å²) < 4.78 is 0. The number of fused-ring (bicyclic) bond motifs is 1. The zero-order valence-corrected chi connectivity index (χ0v) is 22.9. The lowest BCUT2D eigenvalue weighted by molar-refractivity contribution is -0.145. The van der Waals surface area contributed by atoms with Gasteiger partial charge in [0.15, 0.2) is 12.0 Å². The number of aliphatic carboxylic acids is 1. The Hall–Kier alpha value is -4.17. The van der Waals surface area contributed by atoms with Crippen molar-refractivity contribution in [3.05, 3.63) is 36.0 Å². The van der Waals surface area contributed by atoms with E-state index >= 15 is 0 Å². The van der Waals surface area contributed by atoms with E-state index in [2.05, 4.69) is 25.9 Å². The quantitative estimate of drug-likeness (QED) is 0.0709. The van der Waals surface area contributed by atoms with Gasteiger partial charge in [-0.25, -0.2) is 4.79 Å². The number of carbonyl (C=O) groups excluding carboxylic acids is 3. The molecule has 0 aliphatic rings. The molecule has 0 aliphatic carbocycles. The lowest BCUT2D eigenvalue weighted by atomic mass is 9.99. The molecule has 0 bridgehead atoms. The Morgan fingerprint density at radius 1 is 0.975 bits per heavy atom. The van der Waals surface area contributed by atoms with Crippen LogP contribution < -0.4 is 33.2 Å². The van der Waals surface area contributed by atoms with Crippen molar-refractivity contribution < 1.29 is 29.4 Å². The van der Waals surface area contributed by atoms with Crippen LogP contribution in [0.5, 0.6) is 0 Å². The van der Waals surface area contributed by atoms with Crippen molar-refractivity contribution >= 4 is 40.6 Å². The number of carbonyl (C=O) groups is 4. The molecule has 12 N–H and O–H groups in total. The molecule has 1 heterocycles. The third-order valence-electron chi connectivity index (χ3n) is 6.33. The molecule has 0 saturated heterocycles. The molecule has 0 radical (unpaired) electrons. The summed E-state index contributed by atoms with van der Waals surface area (Å²) in [7, 11) is 0. The lowest BCUT2D eigenvalue weighted by Gasteiger charge is -2.27. The standard InChI is InChI=1S/C26H40N8O6/c1-13(2)20(33-22(36)17(27)8-6-10-30-26(28)29)24(38)32-19(23(37)34-21(14(3)35)25(39)40)11-15-12-31-18-9-5-4-7-16(15)18/h4-5,7,9,12-14,17,19-21,31,35H,6,8,10-11,27H2,1-3H3,(H,32,38)(H,33,36)(H,34,37)(H,39,40)(H4,28,29,30). The van der Waals surface area contributed by atoms with Crippen LogP contribution in [0.1, 0.15) is 39.2 Å². The Morgan fingerprint density at radius 3 is 2.23 bits per heavy atom. The average Bonchev–Trinajstić information content (AvgIpc) is 3.29. The number of nitrogens with one attached hydrogen (secondary N) is 4. The second kappa shape index (κ2) is 14.8. The fourth-order valence-corrected chi connectivity index (χ4v) is 4.08. The maximum absolute atomic E-state index is 13.4. The molecular formula is C26H40N8O6. The van der Waals surface area contributed by atoms with Gasteiger partial charge in [0.1, 0.15) is 12.1 Å². The van der Waals surface area contributed by atoms with E-state index in [1.165, 1.54) is 6.92 Å². The van der Waals surface area contributed by atoms with Gasteiger partial charge in [-0.1, -0.05) is 32.0 Å². The van der Waals surface area contributed by atoms with Crippen LogP contribution in [-0.4, -0.2) is 81.7 Å². The minimum absolute atomic E-state index is 0.0107. The first-order chi connectivity index (χ1) is 18.8. The van der Waals surface area contributed by atoms with Crippen molar-refractivity contribution in [1.82, 2.24) is 20.9 Å². The molecule has 40 heavy (non-hydrogen) atoms.